The standard InChI is InChI=1S/C25H21FN4O2/c1-3-21-23(17-6-8-18(26)9-7-17)24-27-14-20-22(30(24)28-21)12-13-29(25(20)31)15-16-4-10-19(32-2)11-5-16/h4-14H,3,15H2,1-2H3. The van der Waals surface area contributed by atoms with Crippen molar-refractivity contribution in [1.29, 1.82) is 0 Å². The van der Waals surface area contributed by atoms with Gasteiger partial charge in [-0.05, 0) is 47.9 Å². The van der Waals surface area contributed by atoms with Crippen LogP contribution in [0.25, 0.3) is 27.7 Å². The smallest absolute Gasteiger partial charge is 0.261 e. The second-order valence-corrected chi connectivity index (χ2v) is 7.57. The molecule has 7 heteroatoms. The zero-order valence-corrected chi connectivity index (χ0v) is 17.7. The normalized spacial score (nSPS) is 11.3. The van der Waals surface area contributed by atoms with Crippen molar-refractivity contribution in [1.82, 2.24) is 19.2 Å². The van der Waals surface area contributed by atoms with Crippen molar-refractivity contribution in [3.8, 4) is 16.9 Å². The second kappa shape index (κ2) is 7.92. The van der Waals surface area contributed by atoms with Gasteiger partial charge in [0.1, 0.15) is 11.6 Å². The van der Waals surface area contributed by atoms with Crippen LogP contribution in [0.2, 0.25) is 0 Å². The molecule has 0 aliphatic heterocycles. The maximum Gasteiger partial charge on any atom is 0.261 e. The van der Waals surface area contributed by atoms with Gasteiger partial charge < -0.3 is 9.30 Å². The van der Waals surface area contributed by atoms with E-state index in [0.29, 0.717) is 29.5 Å². The Hall–Kier alpha value is -4.00. The fourth-order valence-corrected chi connectivity index (χ4v) is 3.97. The van der Waals surface area contributed by atoms with Crippen molar-refractivity contribution in [2.45, 2.75) is 19.9 Å². The summed E-state index contributed by atoms with van der Waals surface area (Å²) < 4.78 is 22.0. The van der Waals surface area contributed by atoms with Crippen LogP contribution in [-0.4, -0.2) is 26.3 Å². The summed E-state index contributed by atoms with van der Waals surface area (Å²) in [5, 5.41) is 5.22. The summed E-state index contributed by atoms with van der Waals surface area (Å²) in [5.41, 5.74) is 4.74. The number of aromatic nitrogens is 4. The van der Waals surface area contributed by atoms with Crippen molar-refractivity contribution in [2.75, 3.05) is 7.11 Å². The molecule has 0 saturated carbocycles. The first-order chi connectivity index (χ1) is 15.6. The number of hydrogen-bond donors (Lipinski definition) is 0. The number of ether oxygens (including phenoxy) is 1. The van der Waals surface area contributed by atoms with Gasteiger partial charge in [-0.15, -0.1) is 0 Å². The molecule has 0 aliphatic rings. The number of pyridine rings is 1. The molecule has 2 aromatic carbocycles. The molecule has 5 aromatic rings. The van der Waals surface area contributed by atoms with Crippen LogP contribution >= 0.6 is 0 Å². The van der Waals surface area contributed by atoms with Crippen LogP contribution in [-0.2, 0) is 13.0 Å². The Labute approximate surface area is 183 Å². The summed E-state index contributed by atoms with van der Waals surface area (Å²) in [6.45, 7) is 2.45. The largest absolute Gasteiger partial charge is 0.497 e. The molecule has 0 spiro atoms. The van der Waals surface area contributed by atoms with E-state index < -0.39 is 0 Å². The monoisotopic (exact) mass is 428 g/mol. The average Bonchev–Trinajstić information content (AvgIpc) is 3.21. The molecule has 0 atom stereocenters. The molecular weight excluding hydrogens is 407 g/mol. The zero-order valence-electron chi connectivity index (χ0n) is 17.7. The highest BCUT2D eigenvalue weighted by Crippen LogP contribution is 2.29. The van der Waals surface area contributed by atoms with Crippen molar-refractivity contribution >= 4 is 16.6 Å². The molecule has 6 nitrogen and oxygen atoms in total. The Kier molecular flexibility index (Phi) is 4.93. The van der Waals surface area contributed by atoms with E-state index >= 15 is 0 Å². The molecule has 0 bridgehead atoms. The third-order valence-electron chi connectivity index (χ3n) is 5.64. The van der Waals surface area contributed by atoms with Gasteiger partial charge in [0.25, 0.3) is 5.56 Å². The molecule has 32 heavy (non-hydrogen) atoms. The quantitative estimate of drug-likeness (QED) is 0.414. The highest BCUT2D eigenvalue weighted by atomic mass is 19.1. The lowest BCUT2D eigenvalue weighted by Crippen LogP contribution is -2.21. The van der Waals surface area contributed by atoms with Crippen molar-refractivity contribution in [2.24, 2.45) is 0 Å². The van der Waals surface area contributed by atoms with Crippen LogP contribution < -0.4 is 10.3 Å². The lowest BCUT2D eigenvalue weighted by atomic mass is 10.0. The van der Waals surface area contributed by atoms with Crippen molar-refractivity contribution in [3.05, 3.63) is 94.4 Å². The van der Waals surface area contributed by atoms with E-state index in [2.05, 4.69) is 4.98 Å². The topological polar surface area (TPSA) is 61.4 Å². The van der Waals surface area contributed by atoms with Crippen LogP contribution in [0.3, 0.4) is 0 Å². The Balaban J connectivity index is 1.63. The summed E-state index contributed by atoms with van der Waals surface area (Å²) in [5.74, 6) is 0.479. The average molecular weight is 428 g/mol. The predicted molar refractivity (Wildman–Crippen MR) is 122 cm³/mol. The molecule has 0 N–H and O–H groups in total. The van der Waals surface area contributed by atoms with Gasteiger partial charge in [-0.1, -0.05) is 31.2 Å². The fourth-order valence-electron chi connectivity index (χ4n) is 3.97. The molecule has 0 radical (unpaired) electrons. The highest BCUT2D eigenvalue weighted by Gasteiger charge is 2.18. The third-order valence-corrected chi connectivity index (χ3v) is 5.64. The Morgan fingerprint density at radius 2 is 1.78 bits per heavy atom. The maximum absolute atomic E-state index is 13.4. The van der Waals surface area contributed by atoms with E-state index in [1.54, 1.807) is 40.7 Å². The number of rotatable bonds is 5. The molecule has 3 aromatic heterocycles. The number of methoxy groups -OCH3 is 1. The van der Waals surface area contributed by atoms with E-state index in [9.17, 15) is 9.18 Å². The highest BCUT2D eigenvalue weighted by molar-refractivity contribution is 5.86. The van der Waals surface area contributed by atoms with Gasteiger partial charge in [0.15, 0.2) is 5.65 Å². The molecule has 160 valence electrons. The van der Waals surface area contributed by atoms with Crippen LogP contribution in [0.4, 0.5) is 4.39 Å². The Morgan fingerprint density at radius 1 is 1.03 bits per heavy atom. The Bertz CT molecular complexity index is 1490. The first-order valence-electron chi connectivity index (χ1n) is 10.4. The van der Waals surface area contributed by atoms with E-state index in [4.69, 9.17) is 9.84 Å². The molecule has 5 rings (SSSR count). The van der Waals surface area contributed by atoms with E-state index in [1.807, 2.05) is 37.3 Å². The molecule has 0 amide bonds. The minimum absolute atomic E-state index is 0.135. The lowest BCUT2D eigenvalue weighted by Gasteiger charge is -2.09. The lowest BCUT2D eigenvalue weighted by molar-refractivity contribution is 0.414. The van der Waals surface area contributed by atoms with Crippen molar-refractivity contribution in [3.63, 3.8) is 0 Å². The van der Waals surface area contributed by atoms with Crippen LogP contribution in [0.5, 0.6) is 5.75 Å². The summed E-state index contributed by atoms with van der Waals surface area (Å²) in [7, 11) is 1.62. The third kappa shape index (κ3) is 3.32. The molecular formula is C25H21FN4O2. The minimum atomic E-state index is -0.293. The van der Waals surface area contributed by atoms with Crippen LogP contribution in [0, 0.1) is 5.82 Å². The van der Waals surface area contributed by atoms with Crippen LogP contribution in [0.1, 0.15) is 18.2 Å². The van der Waals surface area contributed by atoms with Gasteiger partial charge >= 0.3 is 0 Å². The molecule has 0 fully saturated rings. The maximum atomic E-state index is 13.4. The number of fused-ring (bicyclic) bond motifs is 3. The summed E-state index contributed by atoms with van der Waals surface area (Å²) in [6.07, 6.45) is 4.07. The molecule has 0 unspecified atom stereocenters. The van der Waals surface area contributed by atoms with Gasteiger partial charge in [0.2, 0.25) is 0 Å². The first-order valence-corrected chi connectivity index (χ1v) is 10.4. The summed E-state index contributed by atoms with van der Waals surface area (Å²) in [4.78, 5) is 17.8. The summed E-state index contributed by atoms with van der Waals surface area (Å²) in [6, 6.07) is 15.8. The van der Waals surface area contributed by atoms with E-state index in [1.165, 1.54) is 12.1 Å². The minimum Gasteiger partial charge on any atom is -0.497 e. The molecule has 0 saturated heterocycles. The van der Waals surface area contributed by atoms with Gasteiger partial charge in [-0.3, -0.25) is 4.79 Å². The number of hydrogen-bond acceptors (Lipinski definition) is 4. The summed E-state index contributed by atoms with van der Waals surface area (Å²) >= 11 is 0. The SMILES string of the molecule is CCc1nn2c(ncc3c(=O)n(Cc4ccc(OC)cc4)ccc32)c1-c1ccc(F)cc1. The number of halogens is 1. The zero-order chi connectivity index (χ0) is 22.2. The van der Waals surface area contributed by atoms with Gasteiger partial charge in [0.05, 0.1) is 30.3 Å². The van der Waals surface area contributed by atoms with E-state index in [0.717, 1.165) is 28.1 Å². The second-order valence-electron chi connectivity index (χ2n) is 7.57. The number of aryl methyl sites for hydroxylation is 1. The molecule has 3 heterocycles. The van der Waals surface area contributed by atoms with Crippen molar-refractivity contribution < 1.29 is 9.13 Å². The number of benzene rings is 2. The fraction of sp³-hybridized carbons (Fsp3) is 0.160. The number of nitrogens with zero attached hydrogens (tertiary/aromatic N) is 4. The van der Waals surface area contributed by atoms with Gasteiger partial charge in [-0.2, -0.15) is 5.10 Å². The van der Waals surface area contributed by atoms with Gasteiger partial charge in [-0.25, -0.2) is 13.9 Å². The first kappa shape index (κ1) is 19.9. The van der Waals surface area contributed by atoms with E-state index in [-0.39, 0.29) is 11.4 Å². The molecule has 0 aliphatic carbocycles. The van der Waals surface area contributed by atoms with Gasteiger partial charge in [0, 0.05) is 18.0 Å². The van der Waals surface area contributed by atoms with Crippen LogP contribution in [0.15, 0.2) is 71.8 Å². The Morgan fingerprint density at radius 3 is 2.47 bits per heavy atom. The predicted octanol–water partition coefficient (Wildman–Crippen LogP) is 4.47.